The first-order valence-electron chi connectivity index (χ1n) is 6.37. The van der Waals surface area contributed by atoms with Crippen LogP contribution in [-0.2, 0) is 4.79 Å². The molecule has 19 heavy (non-hydrogen) atoms. The van der Waals surface area contributed by atoms with Crippen LogP contribution in [-0.4, -0.2) is 43.1 Å². The Morgan fingerprint density at radius 3 is 3.16 bits per heavy atom. The van der Waals surface area contributed by atoms with Crippen molar-refractivity contribution in [1.29, 1.82) is 5.26 Å². The van der Waals surface area contributed by atoms with E-state index in [1.165, 1.54) is 6.20 Å². The molecule has 1 saturated heterocycles. The highest BCUT2D eigenvalue weighted by Crippen LogP contribution is 2.16. The molecule has 6 heteroatoms. The lowest BCUT2D eigenvalue weighted by Crippen LogP contribution is -2.58. The minimum Gasteiger partial charge on any atom is -0.355 e. The van der Waals surface area contributed by atoms with E-state index in [4.69, 9.17) is 5.26 Å². The van der Waals surface area contributed by atoms with E-state index in [1.807, 2.05) is 17.9 Å². The number of carbonyl (C=O) groups is 1. The summed E-state index contributed by atoms with van der Waals surface area (Å²) < 4.78 is 0. The molecular weight excluding hydrogens is 242 g/mol. The zero-order chi connectivity index (χ0) is 13.7. The van der Waals surface area contributed by atoms with Crippen molar-refractivity contribution >= 4 is 11.7 Å². The van der Waals surface area contributed by atoms with Gasteiger partial charge in [-0.25, -0.2) is 4.98 Å². The molecule has 2 rings (SSSR count). The molecule has 1 aliphatic rings. The first-order chi connectivity index (χ1) is 9.26. The Bertz CT molecular complexity index is 479. The number of aromatic nitrogens is 1. The molecule has 0 aromatic carbocycles. The van der Waals surface area contributed by atoms with Crippen molar-refractivity contribution in [2.24, 2.45) is 0 Å². The van der Waals surface area contributed by atoms with Gasteiger partial charge in [-0.05, 0) is 19.1 Å². The predicted molar refractivity (Wildman–Crippen MR) is 71.6 cm³/mol. The molecule has 0 aliphatic carbocycles. The van der Waals surface area contributed by atoms with Crippen LogP contribution in [0.5, 0.6) is 0 Å². The van der Waals surface area contributed by atoms with Gasteiger partial charge in [-0.3, -0.25) is 4.79 Å². The summed E-state index contributed by atoms with van der Waals surface area (Å²) in [6.07, 6.45) is 1.53. The zero-order valence-electron chi connectivity index (χ0n) is 10.9. The largest absolute Gasteiger partial charge is 0.355 e. The van der Waals surface area contributed by atoms with E-state index in [1.54, 1.807) is 12.1 Å². The average Bonchev–Trinajstić information content (AvgIpc) is 2.47. The molecule has 0 radical (unpaired) electrons. The molecule has 6 nitrogen and oxygen atoms in total. The highest BCUT2D eigenvalue weighted by atomic mass is 16.2. The van der Waals surface area contributed by atoms with Crippen LogP contribution < -0.4 is 15.5 Å². The fraction of sp³-hybridized carbons (Fsp3) is 0.462. The molecule has 0 spiro atoms. The fourth-order valence-electron chi connectivity index (χ4n) is 2.13. The third-order valence-corrected chi connectivity index (χ3v) is 3.07. The van der Waals surface area contributed by atoms with Crippen molar-refractivity contribution in [2.75, 3.05) is 31.1 Å². The summed E-state index contributed by atoms with van der Waals surface area (Å²) in [7, 11) is 0. The first-order valence-corrected chi connectivity index (χ1v) is 6.37. The number of nitrogens with one attached hydrogen (secondary N) is 2. The molecule has 1 aromatic heterocycles. The van der Waals surface area contributed by atoms with Crippen molar-refractivity contribution in [3.63, 3.8) is 0 Å². The maximum absolute atomic E-state index is 12.0. The van der Waals surface area contributed by atoms with Gasteiger partial charge in [0.2, 0.25) is 5.91 Å². The van der Waals surface area contributed by atoms with E-state index in [9.17, 15) is 4.79 Å². The lowest BCUT2D eigenvalue weighted by Gasteiger charge is -2.35. The number of rotatable bonds is 3. The Kier molecular flexibility index (Phi) is 4.31. The van der Waals surface area contributed by atoms with Gasteiger partial charge in [0.25, 0.3) is 0 Å². The average molecular weight is 259 g/mol. The number of amides is 1. The number of hydrogen-bond acceptors (Lipinski definition) is 5. The Morgan fingerprint density at radius 2 is 2.53 bits per heavy atom. The summed E-state index contributed by atoms with van der Waals surface area (Å²) in [6, 6.07) is 5.29. The van der Waals surface area contributed by atoms with Crippen LogP contribution in [0.15, 0.2) is 18.3 Å². The third kappa shape index (κ3) is 3.01. The number of hydrogen-bond donors (Lipinski definition) is 2. The quantitative estimate of drug-likeness (QED) is 0.790. The van der Waals surface area contributed by atoms with E-state index < -0.39 is 0 Å². The highest BCUT2D eigenvalue weighted by molar-refractivity contribution is 5.85. The molecule has 100 valence electrons. The number of nitrogens with zero attached hydrogens (tertiary/aromatic N) is 3. The Hall–Kier alpha value is -2.13. The molecule has 1 atom stereocenters. The minimum atomic E-state index is -0.255. The van der Waals surface area contributed by atoms with Gasteiger partial charge in [0.05, 0.1) is 5.56 Å². The monoisotopic (exact) mass is 259 g/mol. The number of carbonyl (C=O) groups excluding carboxylic acids is 1. The van der Waals surface area contributed by atoms with Crippen molar-refractivity contribution in [3.8, 4) is 6.07 Å². The SMILES string of the molecule is CCNC(=O)C1CNCCN1c1ccc(C#N)cn1. The maximum atomic E-state index is 12.0. The number of likely N-dealkylation sites (N-methyl/N-ethyl adjacent to an activating group) is 1. The second-order valence-electron chi connectivity index (χ2n) is 4.32. The number of piperazine rings is 1. The van der Waals surface area contributed by atoms with E-state index in [0.29, 0.717) is 18.7 Å². The lowest BCUT2D eigenvalue weighted by atomic mass is 10.1. The van der Waals surface area contributed by atoms with Gasteiger partial charge >= 0.3 is 0 Å². The molecule has 2 N–H and O–H groups in total. The van der Waals surface area contributed by atoms with Gasteiger partial charge in [0.15, 0.2) is 0 Å². The molecule has 1 aliphatic heterocycles. The molecule has 1 aromatic rings. The van der Waals surface area contributed by atoms with Crippen molar-refractivity contribution in [2.45, 2.75) is 13.0 Å². The van der Waals surface area contributed by atoms with Crippen LogP contribution in [0, 0.1) is 11.3 Å². The fourth-order valence-corrected chi connectivity index (χ4v) is 2.13. The minimum absolute atomic E-state index is 0.000796. The molecule has 1 amide bonds. The van der Waals surface area contributed by atoms with Gasteiger partial charge in [0.1, 0.15) is 17.9 Å². The Balaban J connectivity index is 2.18. The summed E-state index contributed by atoms with van der Waals surface area (Å²) >= 11 is 0. The summed E-state index contributed by atoms with van der Waals surface area (Å²) in [6.45, 7) is 4.66. The number of nitriles is 1. The predicted octanol–water partition coefficient (Wildman–Crippen LogP) is -0.132. The molecule has 0 saturated carbocycles. The van der Waals surface area contributed by atoms with Crippen molar-refractivity contribution < 1.29 is 4.79 Å². The summed E-state index contributed by atoms with van der Waals surface area (Å²) in [5, 5.41) is 14.8. The summed E-state index contributed by atoms with van der Waals surface area (Å²) in [5.41, 5.74) is 0.522. The second kappa shape index (κ2) is 6.16. The van der Waals surface area contributed by atoms with E-state index in [2.05, 4.69) is 15.6 Å². The zero-order valence-corrected chi connectivity index (χ0v) is 10.9. The topological polar surface area (TPSA) is 81.0 Å². The third-order valence-electron chi connectivity index (χ3n) is 3.07. The van der Waals surface area contributed by atoms with Crippen LogP contribution >= 0.6 is 0 Å². The standard InChI is InChI=1S/C13H17N5O/c1-2-16-13(19)11-9-15-5-6-18(11)12-4-3-10(7-14)8-17-12/h3-4,8,11,15H,2,5-6,9H2,1H3,(H,16,19). The smallest absolute Gasteiger partial charge is 0.244 e. The highest BCUT2D eigenvalue weighted by Gasteiger charge is 2.29. The van der Waals surface area contributed by atoms with Crippen LogP contribution in [0.2, 0.25) is 0 Å². The Labute approximate surface area is 112 Å². The van der Waals surface area contributed by atoms with Crippen LogP contribution in [0.4, 0.5) is 5.82 Å². The molecular formula is C13H17N5O. The van der Waals surface area contributed by atoms with E-state index in [-0.39, 0.29) is 11.9 Å². The first kappa shape index (κ1) is 13.3. The van der Waals surface area contributed by atoms with Gasteiger partial charge in [-0.1, -0.05) is 0 Å². The molecule has 1 unspecified atom stereocenters. The molecule has 0 bridgehead atoms. The number of anilines is 1. The van der Waals surface area contributed by atoms with E-state index >= 15 is 0 Å². The normalized spacial score (nSPS) is 18.7. The lowest BCUT2D eigenvalue weighted by molar-refractivity contribution is -0.122. The van der Waals surface area contributed by atoms with Crippen LogP contribution in [0.3, 0.4) is 0 Å². The van der Waals surface area contributed by atoms with Gasteiger partial charge in [0, 0.05) is 32.4 Å². The summed E-state index contributed by atoms with van der Waals surface area (Å²) in [4.78, 5) is 18.3. The molecule has 1 fully saturated rings. The van der Waals surface area contributed by atoms with Gasteiger partial charge in [-0.15, -0.1) is 0 Å². The van der Waals surface area contributed by atoms with Crippen molar-refractivity contribution in [1.82, 2.24) is 15.6 Å². The van der Waals surface area contributed by atoms with Crippen molar-refractivity contribution in [3.05, 3.63) is 23.9 Å². The van der Waals surface area contributed by atoms with Gasteiger partial charge in [-0.2, -0.15) is 5.26 Å². The van der Waals surface area contributed by atoms with Crippen LogP contribution in [0.25, 0.3) is 0 Å². The molecule has 2 heterocycles. The van der Waals surface area contributed by atoms with Crippen LogP contribution in [0.1, 0.15) is 12.5 Å². The number of pyridine rings is 1. The maximum Gasteiger partial charge on any atom is 0.244 e. The Morgan fingerprint density at radius 1 is 1.68 bits per heavy atom. The van der Waals surface area contributed by atoms with Gasteiger partial charge < -0.3 is 15.5 Å². The van der Waals surface area contributed by atoms with E-state index in [0.717, 1.165) is 18.9 Å². The summed E-state index contributed by atoms with van der Waals surface area (Å²) in [5.74, 6) is 0.734. The second-order valence-corrected chi connectivity index (χ2v) is 4.32.